The van der Waals surface area contributed by atoms with Gasteiger partial charge in [-0.1, -0.05) is 146 Å². The van der Waals surface area contributed by atoms with Crippen LogP contribution >= 0.6 is 0 Å². The van der Waals surface area contributed by atoms with E-state index in [1.54, 1.807) is 0 Å². The van der Waals surface area contributed by atoms with Crippen LogP contribution in [-0.4, -0.2) is 11.5 Å². The third-order valence-electron chi connectivity index (χ3n) is 7.53. The Bertz CT molecular complexity index is 2020. The number of hydrogen-bond donors (Lipinski definition) is 0. The zero-order valence-electron chi connectivity index (χ0n) is 24.0. The van der Waals surface area contributed by atoms with Crippen LogP contribution in [0.5, 0.6) is 0 Å². The van der Waals surface area contributed by atoms with Crippen molar-refractivity contribution in [1.82, 2.24) is 0 Å². The van der Waals surface area contributed by atoms with Crippen molar-refractivity contribution < 1.29 is 0 Å². The predicted octanol–water partition coefficient (Wildman–Crippen LogP) is 10.1. The maximum atomic E-state index is 5.68. The molecule has 6 aromatic rings. The summed E-state index contributed by atoms with van der Waals surface area (Å²) in [7, 11) is 0. The quantitative estimate of drug-likeness (QED) is 0.112. The average Bonchev–Trinajstić information content (AvgIpc) is 3.08. The molecule has 0 N–H and O–H groups in total. The van der Waals surface area contributed by atoms with Gasteiger partial charge in [0.1, 0.15) is 0 Å². The Labute approximate surface area is 253 Å². The third-order valence-corrected chi connectivity index (χ3v) is 7.53. The molecule has 2 nitrogen and oxygen atoms in total. The van der Waals surface area contributed by atoms with Crippen LogP contribution in [0.4, 0.5) is 0 Å². The van der Waals surface area contributed by atoms with Gasteiger partial charge >= 0.3 is 0 Å². The summed E-state index contributed by atoms with van der Waals surface area (Å²) in [6, 6.07) is 49.7. The molecule has 6 rings (SSSR count). The van der Waals surface area contributed by atoms with E-state index in [2.05, 4.69) is 97.4 Å². The van der Waals surface area contributed by atoms with Crippen molar-refractivity contribution >= 4 is 28.0 Å². The van der Waals surface area contributed by atoms with E-state index >= 15 is 0 Å². The number of hydrogen-bond acceptors (Lipinski definition) is 1. The van der Waals surface area contributed by atoms with E-state index in [9.17, 15) is 0 Å². The minimum Gasteiger partial charge on any atom is -0.233 e. The molecular weight excluding hydrogens is 520 g/mol. The number of benzene rings is 6. The van der Waals surface area contributed by atoms with E-state index in [0.717, 1.165) is 50.2 Å². The van der Waals surface area contributed by atoms with Crippen LogP contribution in [0.1, 0.15) is 29.2 Å². The molecule has 0 aromatic heterocycles. The molecule has 0 aliphatic heterocycles. The van der Waals surface area contributed by atoms with Gasteiger partial charge in [0, 0.05) is 16.8 Å². The van der Waals surface area contributed by atoms with E-state index in [0.29, 0.717) is 11.5 Å². The standard InChI is InChI=1S/C41H30N2/c1-4-31-14-13-19-36(28-31)38-27-26-37(39-20-11-12-21-40(38)39)34-22-24-35(25-23-34)41(42-29(2)32-15-7-5-8-16-32)43-30(3)33-17-9-6-10-18-33/h1,5-28H,2H2,3H3/b42-41-,43-30+. The highest BCUT2D eigenvalue weighted by atomic mass is 14.9. The molecule has 0 fully saturated rings. The first-order valence-corrected chi connectivity index (χ1v) is 14.2. The van der Waals surface area contributed by atoms with Gasteiger partial charge in [-0.2, -0.15) is 0 Å². The van der Waals surface area contributed by atoms with Crippen LogP contribution < -0.4 is 0 Å². The first kappa shape index (κ1) is 27.4. The minimum absolute atomic E-state index is 0.621. The SMILES string of the molecule is C#Cc1cccc(-c2ccc(-c3ccc(C(=N/C(=C)c4ccccc4)/N=C(\C)c4ccccc4)cc3)c3ccccc23)c1. The second-order valence-corrected chi connectivity index (χ2v) is 10.3. The van der Waals surface area contributed by atoms with Crippen molar-refractivity contribution in [3.05, 3.63) is 174 Å². The fourth-order valence-corrected chi connectivity index (χ4v) is 5.26. The largest absolute Gasteiger partial charge is 0.233 e. The molecule has 0 saturated carbocycles. The summed E-state index contributed by atoms with van der Waals surface area (Å²) < 4.78 is 0. The Balaban J connectivity index is 1.41. The van der Waals surface area contributed by atoms with Crippen LogP contribution in [0.15, 0.2) is 162 Å². The molecule has 0 spiro atoms. The fourth-order valence-electron chi connectivity index (χ4n) is 5.26. The smallest absolute Gasteiger partial charge is 0.160 e. The lowest BCUT2D eigenvalue weighted by Gasteiger charge is -2.13. The van der Waals surface area contributed by atoms with E-state index in [1.165, 1.54) is 10.8 Å². The van der Waals surface area contributed by atoms with Gasteiger partial charge in [-0.15, -0.1) is 6.42 Å². The fraction of sp³-hybridized carbons (Fsp3) is 0.0244. The molecule has 204 valence electrons. The van der Waals surface area contributed by atoms with Crippen molar-refractivity contribution in [1.29, 1.82) is 0 Å². The molecule has 0 aliphatic carbocycles. The van der Waals surface area contributed by atoms with Crippen molar-refractivity contribution in [3.63, 3.8) is 0 Å². The highest BCUT2D eigenvalue weighted by Crippen LogP contribution is 2.36. The molecule has 43 heavy (non-hydrogen) atoms. The molecule has 2 heteroatoms. The highest BCUT2D eigenvalue weighted by Gasteiger charge is 2.12. The lowest BCUT2D eigenvalue weighted by atomic mass is 9.91. The predicted molar refractivity (Wildman–Crippen MR) is 183 cm³/mol. The molecule has 0 heterocycles. The van der Waals surface area contributed by atoms with E-state index < -0.39 is 0 Å². The monoisotopic (exact) mass is 550 g/mol. The summed E-state index contributed by atoms with van der Waals surface area (Å²) in [5.41, 5.74) is 9.91. The average molecular weight is 551 g/mol. The lowest BCUT2D eigenvalue weighted by Crippen LogP contribution is -2.04. The molecule has 0 bridgehead atoms. The van der Waals surface area contributed by atoms with Gasteiger partial charge in [-0.25, -0.2) is 9.98 Å². The summed E-state index contributed by atoms with van der Waals surface area (Å²) in [6.07, 6.45) is 5.68. The minimum atomic E-state index is 0.621. The van der Waals surface area contributed by atoms with Crippen molar-refractivity contribution in [2.24, 2.45) is 9.98 Å². The number of rotatable bonds is 6. The molecule has 0 unspecified atom stereocenters. The number of fused-ring (bicyclic) bond motifs is 1. The molecule has 0 aliphatic rings. The topological polar surface area (TPSA) is 24.7 Å². The van der Waals surface area contributed by atoms with Crippen LogP contribution in [-0.2, 0) is 0 Å². The van der Waals surface area contributed by atoms with Gasteiger partial charge in [0.15, 0.2) is 5.84 Å². The van der Waals surface area contributed by atoms with Gasteiger partial charge in [-0.05, 0) is 63.2 Å². The molecule has 6 aromatic carbocycles. The summed E-state index contributed by atoms with van der Waals surface area (Å²) in [6.45, 7) is 6.26. The van der Waals surface area contributed by atoms with Gasteiger partial charge in [0.05, 0.1) is 5.70 Å². The first-order valence-electron chi connectivity index (χ1n) is 14.2. The van der Waals surface area contributed by atoms with Gasteiger partial charge in [-0.3, -0.25) is 0 Å². The van der Waals surface area contributed by atoms with Crippen molar-refractivity contribution in [2.45, 2.75) is 6.92 Å². The third kappa shape index (κ3) is 5.98. The van der Waals surface area contributed by atoms with Crippen LogP contribution in [0, 0.1) is 12.3 Å². The van der Waals surface area contributed by atoms with Crippen LogP contribution in [0.25, 0.3) is 38.7 Å². The Hall–Kier alpha value is -5.78. The summed E-state index contributed by atoms with van der Waals surface area (Å²) in [5.74, 6) is 3.38. The van der Waals surface area contributed by atoms with Crippen molar-refractivity contribution in [2.75, 3.05) is 0 Å². The number of nitrogens with zero attached hydrogens (tertiary/aromatic N) is 2. The normalized spacial score (nSPS) is 11.7. The van der Waals surface area contributed by atoms with Crippen LogP contribution in [0.2, 0.25) is 0 Å². The summed E-state index contributed by atoms with van der Waals surface area (Å²) in [5, 5.41) is 2.37. The molecular formula is C41H30N2. The Morgan fingerprint density at radius 1 is 0.558 bits per heavy atom. The Kier molecular flexibility index (Phi) is 7.89. The maximum Gasteiger partial charge on any atom is 0.160 e. The first-order chi connectivity index (χ1) is 21.1. The van der Waals surface area contributed by atoms with E-state index in [4.69, 9.17) is 16.4 Å². The number of amidine groups is 1. The second-order valence-electron chi connectivity index (χ2n) is 10.3. The molecule has 0 amide bonds. The number of aliphatic imine (C=N–C) groups is 2. The molecule has 0 saturated heterocycles. The summed E-state index contributed by atoms with van der Waals surface area (Å²) in [4.78, 5) is 9.90. The van der Waals surface area contributed by atoms with E-state index in [1.807, 2.05) is 67.6 Å². The molecule has 0 atom stereocenters. The Morgan fingerprint density at radius 2 is 1.14 bits per heavy atom. The Morgan fingerprint density at radius 3 is 1.77 bits per heavy atom. The molecule has 0 radical (unpaired) electrons. The number of terminal acetylenes is 1. The van der Waals surface area contributed by atoms with Gasteiger partial charge in [0.2, 0.25) is 0 Å². The second kappa shape index (κ2) is 12.4. The lowest BCUT2D eigenvalue weighted by molar-refractivity contribution is 1.44. The maximum absolute atomic E-state index is 5.68. The van der Waals surface area contributed by atoms with E-state index in [-0.39, 0.29) is 0 Å². The van der Waals surface area contributed by atoms with Crippen LogP contribution in [0.3, 0.4) is 0 Å². The van der Waals surface area contributed by atoms with Crippen molar-refractivity contribution in [3.8, 4) is 34.6 Å². The van der Waals surface area contributed by atoms with Gasteiger partial charge in [0.25, 0.3) is 0 Å². The highest BCUT2D eigenvalue weighted by molar-refractivity contribution is 6.13. The zero-order chi connectivity index (χ0) is 29.6. The van der Waals surface area contributed by atoms with Gasteiger partial charge < -0.3 is 0 Å². The zero-order valence-corrected chi connectivity index (χ0v) is 24.0. The summed E-state index contributed by atoms with van der Waals surface area (Å²) >= 11 is 0.